The third-order valence-electron chi connectivity index (χ3n) is 3.93. The van der Waals surface area contributed by atoms with Crippen molar-refractivity contribution in [2.24, 2.45) is 5.92 Å². The zero-order chi connectivity index (χ0) is 20.1. The Morgan fingerprint density at radius 3 is 2.75 bits per heavy atom. The molecule has 2 amide bonds. The first-order valence-electron chi connectivity index (χ1n) is 8.94. The van der Waals surface area contributed by atoms with Gasteiger partial charge in [-0.2, -0.15) is 0 Å². The highest BCUT2D eigenvalue weighted by molar-refractivity contribution is 7.13. The Hall–Kier alpha value is -3.00. The van der Waals surface area contributed by atoms with Gasteiger partial charge in [-0.05, 0) is 36.2 Å². The van der Waals surface area contributed by atoms with Crippen LogP contribution in [0.4, 0.5) is 5.69 Å². The first kappa shape index (κ1) is 19.8. The number of hydrogen-bond donors (Lipinski definition) is 1. The summed E-state index contributed by atoms with van der Waals surface area (Å²) in [6.45, 7) is 4.55. The van der Waals surface area contributed by atoms with Crippen LogP contribution in [0.15, 0.2) is 47.1 Å². The molecule has 3 rings (SSSR count). The van der Waals surface area contributed by atoms with Gasteiger partial charge in [0.15, 0.2) is 0 Å². The largest absolute Gasteiger partial charge is 0.467 e. The Bertz CT molecular complexity index is 950. The number of aromatic nitrogens is 2. The maximum Gasteiger partial charge on any atom is 0.286 e. The molecule has 3 aromatic rings. The summed E-state index contributed by atoms with van der Waals surface area (Å²) in [5.41, 5.74) is 1.01. The minimum Gasteiger partial charge on any atom is -0.467 e. The van der Waals surface area contributed by atoms with E-state index in [0.717, 1.165) is 11.4 Å². The summed E-state index contributed by atoms with van der Waals surface area (Å²) >= 11 is 1.29. The van der Waals surface area contributed by atoms with Gasteiger partial charge >= 0.3 is 0 Å². The highest BCUT2D eigenvalue weighted by Gasteiger charge is 2.16. The van der Waals surface area contributed by atoms with Crippen molar-refractivity contribution >= 4 is 28.8 Å². The number of anilines is 1. The van der Waals surface area contributed by atoms with Crippen LogP contribution < -0.4 is 5.32 Å². The second kappa shape index (κ2) is 8.79. The Morgan fingerprint density at radius 1 is 1.21 bits per heavy atom. The van der Waals surface area contributed by atoms with Crippen LogP contribution in [0.5, 0.6) is 0 Å². The molecule has 0 saturated carbocycles. The lowest BCUT2D eigenvalue weighted by molar-refractivity contribution is 0.0775. The second-order valence-corrected chi connectivity index (χ2v) is 7.94. The molecule has 0 spiro atoms. The molecule has 2 aromatic heterocycles. The number of carbonyl (C=O) groups is 2. The predicted molar refractivity (Wildman–Crippen MR) is 107 cm³/mol. The molecule has 0 unspecified atom stereocenters. The molecular formula is C20H22N4O3S. The summed E-state index contributed by atoms with van der Waals surface area (Å²) in [6, 6.07) is 10.4. The number of nitrogens with one attached hydrogen (secondary N) is 1. The van der Waals surface area contributed by atoms with Gasteiger partial charge in [-0.3, -0.25) is 9.59 Å². The van der Waals surface area contributed by atoms with Crippen LogP contribution in [-0.4, -0.2) is 34.0 Å². The van der Waals surface area contributed by atoms with Gasteiger partial charge in [-0.25, -0.2) is 0 Å². The molecule has 0 aliphatic carbocycles. The normalized spacial score (nSPS) is 10.9. The molecule has 1 N–H and O–H groups in total. The summed E-state index contributed by atoms with van der Waals surface area (Å²) in [5.74, 6) is 0.655. The van der Waals surface area contributed by atoms with Crippen LogP contribution in [0.1, 0.15) is 44.8 Å². The molecule has 2 heterocycles. The van der Waals surface area contributed by atoms with Crippen molar-refractivity contribution in [3.05, 3.63) is 64.0 Å². The van der Waals surface area contributed by atoms with E-state index in [9.17, 15) is 9.59 Å². The lowest BCUT2D eigenvalue weighted by atomic mass is 10.1. The molecule has 0 radical (unpaired) electrons. The van der Waals surface area contributed by atoms with E-state index in [-0.39, 0.29) is 11.8 Å². The summed E-state index contributed by atoms with van der Waals surface area (Å²) in [5, 5.41) is 12.0. The SMILES string of the molecule is CC(C)Cc1nnc(C(=O)Nc2cccc(C(=O)N(C)Cc3ccco3)c2)s1. The number of furan rings is 1. The van der Waals surface area contributed by atoms with Crippen molar-refractivity contribution in [2.45, 2.75) is 26.8 Å². The van der Waals surface area contributed by atoms with E-state index in [4.69, 9.17) is 4.42 Å². The van der Waals surface area contributed by atoms with Crippen LogP contribution in [0, 0.1) is 5.92 Å². The number of carbonyl (C=O) groups excluding carboxylic acids is 2. The van der Waals surface area contributed by atoms with Crippen molar-refractivity contribution in [3.63, 3.8) is 0 Å². The summed E-state index contributed by atoms with van der Waals surface area (Å²) in [6.07, 6.45) is 2.36. The van der Waals surface area contributed by atoms with E-state index < -0.39 is 0 Å². The average molecular weight is 398 g/mol. The number of nitrogens with zero attached hydrogens (tertiary/aromatic N) is 3. The first-order chi connectivity index (χ1) is 13.4. The zero-order valence-electron chi connectivity index (χ0n) is 16.0. The fourth-order valence-corrected chi connectivity index (χ4v) is 3.57. The van der Waals surface area contributed by atoms with Gasteiger partial charge in [0.1, 0.15) is 10.8 Å². The third kappa shape index (κ3) is 5.04. The van der Waals surface area contributed by atoms with Crippen molar-refractivity contribution < 1.29 is 14.0 Å². The standard InChI is InChI=1S/C20H22N4O3S/c1-13(2)10-17-22-23-19(28-17)18(25)21-15-7-4-6-14(11-15)20(26)24(3)12-16-8-5-9-27-16/h4-9,11,13H,10,12H2,1-3H3,(H,21,25). The average Bonchev–Trinajstić information content (AvgIpc) is 3.33. The van der Waals surface area contributed by atoms with Gasteiger partial charge in [-0.1, -0.05) is 31.3 Å². The molecule has 0 aliphatic rings. The maximum absolute atomic E-state index is 12.6. The summed E-state index contributed by atoms with van der Waals surface area (Å²) in [7, 11) is 1.70. The van der Waals surface area contributed by atoms with Gasteiger partial charge in [0.05, 0.1) is 12.8 Å². The quantitative estimate of drug-likeness (QED) is 0.653. The molecule has 7 nitrogen and oxygen atoms in total. The van der Waals surface area contributed by atoms with E-state index in [1.807, 2.05) is 6.07 Å². The molecule has 1 aromatic carbocycles. The Balaban J connectivity index is 1.66. The number of hydrogen-bond acceptors (Lipinski definition) is 6. The van der Waals surface area contributed by atoms with Crippen LogP contribution in [0.3, 0.4) is 0 Å². The fourth-order valence-electron chi connectivity index (χ4n) is 2.62. The van der Waals surface area contributed by atoms with Crippen LogP contribution in [0.2, 0.25) is 0 Å². The summed E-state index contributed by atoms with van der Waals surface area (Å²) in [4.78, 5) is 26.6. The molecule has 0 saturated heterocycles. The minimum atomic E-state index is -0.332. The molecule has 146 valence electrons. The Kier molecular flexibility index (Phi) is 6.20. The van der Waals surface area contributed by atoms with E-state index >= 15 is 0 Å². The van der Waals surface area contributed by atoms with E-state index in [1.165, 1.54) is 11.3 Å². The van der Waals surface area contributed by atoms with Gasteiger partial charge in [-0.15, -0.1) is 10.2 Å². The maximum atomic E-state index is 12.6. The molecule has 0 bridgehead atoms. The van der Waals surface area contributed by atoms with Crippen molar-refractivity contribution in [1.29, 1.82) is 0 Å². The molecule has 0 fully saturated rings. The molecule has 28 heavy (non-hydrogen) atoms. The second-order valence-electron chi connectivity index (χ2n) is 6.87. The molecular weight excluding hydrogens is 376 g/mol. The number of amides is 2. The Labute approximate surface area is 167 Å². The van der Waals surface area contributed by atoms with Crippen LogP contribution >= 0.6 is 11.3 Å². The number of rotatable bonds is 7. The molecule has 0 aliphatic heterocycles. The van der Waals surface area contributed by atoms with Gasteiger partial charge in [0.2, 0.25) is 5.01 Å². The molecule has 8 heteroatoms. The lowest BCUT2D eigenvalue weighted by Gasteiger charge is -2.16. The lowest BCUT2D eigenvalue weighted by Crippen LogP contribution is -2.26. The van der Waals surface area contributed by atoms with Gasteiger partial charge in [0, 0.05) is 24.7 Å². The highest BCUT2D eigenvalue weighted by Crippen LogP contribution is 2.18. The topological polar surface area (TPSA) is 88.3 Å². The van der Waals surface area contributed by atoms with Gasteiger partial charge < -0.3 is 14.6 Å². The third-order valence-corrected chi connectivity index (χ3v) is 4.88. The predicted octanol–water partition coefficient (Wildman–Crippen LogP) is 3.85. The van der Waals surface area contributed by atoms with E-state index in [2.05, 4.69) is 29.4 Å². The zero-order valence-corrected chi connectivity index (χ0v) is 16.8. The Morgan fingerprint density at radius 2 is 2.04 bits per heavy atom. The first-order valence-corrected chi connectivity index (χ1v) is 9.75. The van der Waals surface area contributed by atoms with Gasteiger partial charge in [0.25, 0.3) is 11.8 Å². The van der Waals surface area contributed by atoms with Crippen molar-refractivity contribution in [2.75, 3.05) is 12.4 Å². The van der Waals surface area contributed by atoms with E-state index in [1.54, 1.807) is 48.5 Å². The smallest absolute Gasteiger partial charge is 0.286 e. The highest BCUT2D eigenvalue weighted by atomic mass is 32.1. The number of benzene rings is 1. The van der Waals surface area contributed by atoms with E-state index in [0.29, 0.717) is 34.5 Å². The van der Waals surface area contributed by atoms with Crippen LogP contribution in [0.25, 0.3) is 0 Å². The minimum absolute atomic E-state index is 0.164. The molecule has 0 atom stereocenters. The van der Waals surface area contributed by atoms with Crippen molar-refractivity contribution in [3.8, 4) is 0 Å². The summed E-state index contributed by atoms with van der Waals surface area (Å²) < 4.78 is 5.28. The van der Waals surface area contributed by atoms with Crippen molar-refractivity contribution in [1.82, 2.24) is 15.1 Å². The fraction of sp³-hybridized carbons (Fsp3) is 0.300. The van der Waals surface area contributed by atoms with Crippen LogP contribution in [-0.2, 0) is 13.0 Å². The monoisotopic (exact) mass is 398 g/mol.